The van der Waals surface area contributed by atoms with Crippen molar-refractivity contribution in [3.8, 4) is 0 Å². The maximum absolute atomic E-state index is 12.9. The van der Waals surface area contributed by atoms with Gasteiger partial charge in [0.1, 0.15) is 0 Å². The summed E-state index contributed by atoms with van der Waals surface area (Å²) in [5.41, 5.74) is 7.23. The van der Waals surface area contributed by atoms with Crippen molar-refractivity contribution in [2.75, 3.05) is 0 Å². The Labute approximate surface area is 177 Å². The molecule has 0 atom stereocenters. The van der Waals surface area contributed by atoms with E-state index in [4.69, 9.17) is 5.73 Å². The van der Waals surface area contributed by atoms with Crippen LogP contribution in [0.15, 0.2) is 60.7 Å². The Morgan fingerprint density at radius 2 is 1.22 bits per heavy atom. The fourth-order valence-corrected chi connectivity index (χ4v) is 4.20. The second-order valence-corrected chi connectivity index (χ2v) is 9.75. The van der Waals surface area contributed by atoms with Crippen molar-refractivity contribution >= 4 is 28.5 Å². The van der Waals surface area contributed by atoms with Crippen LogP contribution in [0.25, 0.3) is 0 Å². The van der Waals surface area contributed by atoms with Gasteiger partial charge in [0, 0.05) is 3.42 Å². The molecule has 0 saturated heterocycles. The van der Waals surface area contributed by atoms with Gasteiger partial charge in [-0.15, -0.1) is 0 Å². The van der Waals surface area contributed by atoms with Gasteiger partial charge in [0.25, 0.3) is 0 Å². The number of alkyl halides is 1. The molecule has 1 amide bonds. The third kappa shape index (κ3) is 4.72. The summed E-state index contributed by atoms with van der Waals surface area (Å²) in [7, 11) is 0. The van der Waals surface area contributed by atoms with E-state index in [9.17, 15) is 4.79 Å². The predicted molar refractivity (Wildman–Crippen MR) is 125 cm³/mol. The lowest BCUT2D eigenvalue weighted by atomic mass is 9.68. The molecular formula is C23H34IN2O+. The number of benzene rings is 2. The standard InChI is InChI=1S/C23H30INO.H3N/c1-17(2)23(24,18(3)4)16-15-22(21(25)26,19-11-7-5-8-12-19)20-13-9-6-10-14-20;/h5-14,17-18H,15-16H2,1-4H3,(H2,25,26);1H3/p+1. The fourth-order valence-electron chi connectivity index (χ4n) is 3.93. The minimum absolute atomic E-state index is 0. The van der Waals surface area contributed by atoms with Gasteiger partial charge in [-0.25, -0.2) is 0 Å². The van der Waals surface area contributed by atoms with Gasteiger partial charge in [-0.05, 0) is 35.8 Å². The molecule has 4 heteroatoms. The van der Waals surface area contributed by atoms with E-state index in [0.717, 1.165) is 17.5 Å². The number of halogens is 1. The van der Waals surface area contributed by atoms with Gasteiger partial charge in [0.2, 0.25) is 5.91 Å². The number of primary amides is 1. The summed E-state index contributed by atoms with van der Waals surface area (Å²) in [5, 5.41) is 0. The molecule has 2 aromatic carbocycles. The summed E-state index contributed by atoms with van der Waals surface area (Å²) in [6.07, 6.45) is 1.63. The number of hydrogen-bond acceptors (Lipinski definition) is 1. The number of carbonyl (C=O) groups is 1. The average molecular weight is 481 g/mol. The van der Waals surface area contributed by atoms with Crippen molar-refractivity contribution in [2.45, 2.75) is 49.4 Å². The highest BCUT2D eigenvalue weighted by Gasteiger charge is 2.44. The third-order valence-corrected chi connectivity index (χ3v) is 8.79. The Balaban J connectivity index is 0.00000364. The van der Waals surface area contributed by atoms with E-state index in [1.165, 1.54) is 0 Å². The van der Waals surface area contributed by atoms with E-state index >= 15 is 0 Å². The number of rotatable bonds is 8. The number of nitrogens with two attached hydrogens (primary N) is 1. The van der Waals surface area contributed by atoms with Crippen molar-refractivity contribution in [2.24, 2.45) is 17.6 Å². The molecule has 0 fully saturated rings. The molecule has 0 aromatic heterocycles. The largest absolute Gasteiger partial charge is 0.369 e. The minimum Gasteiger partial charge on any atom is -0.369 e. The maximum Gasteiger partial charge on any atom is 0.232 e. The van der Waals surface area contributed by atoms with E-state index in [-0.39, 0.29) is 15.5 Å². The van der Waals surface area contributed by atoms with E-state index in [2.05, 4.69) is 50.3 Å². The molecule has 2 aromatic rings. The molecule has 27 heavy (non-hydrogen) atoms. The first kappa shape index (κ1) is 23.6. The highest BCUT2D eigenvalue weighted by Crippen LogP contribution is 2.45. The van der Waals surface area contributed by atoms with Gasteiger partial charge in [-0.1, -0.05) is 111 Å². The number of carbonyl (C=O) groups excluding carboxylic acids is 1. The number of quaternary nitrogens is 1. The van der Waals surface area contributed by atoms with E-state index in [0.29, 0.717) is 18.3 Å². The van der Waals surface area contributed by atoms with Crippen molar-refractivity contribution in [1.82, 2.24) is 6.15 Å². The summed E-state index contributed by atoms with van der Waals surface area (Å²) >= 11 is 2.60. The van der Waals surface area contributed by atoms with Crippen LogP contribution < -0.4 is 11.9 Å². The van der Waals surface area contributed by atoms with Crippen LogP contribution in [-0.2, 0) is 10.2 Å². The monoisotopic (exact) mass is 481 g/mol. The molecule has 2 rings (SSSR count). The van der Waals surface area contributed by atoms with Crippen LogP contribution in [0.5, 0.6) is 0 Å². The predicted octanol–water partition coefficient (Wildman–Crippen LogP) is 6.10. The second kappa shape index (κ2) is 9.69. The third-order valence-electron chi connectivity index (χ3n) is 5.76. The zero-order valence-electron chi connectivity index (χ0n) is 17.2. The first-order valence-corrected chi connectivity index (χ1v) is 10.4. The molecule has 0 saturated carbocycles. The molecule has 0 radical (unpaired) electrons. The lowest BCUT2D eigenvalue weighted by Gasteiger charge is -2.40. The molecule has 148 valence electrons. The van der Waals surface area contributed by atoms with Crippen LogP contribution in [0.2, 0.25) is 0 Å². The Hall–Kier alpha value is -1.40. The average Bonchev–Trinajstić information content (AvgIpc) is 2.63. The van der Waals surface area contributed by atoms with Crippen LogP contribution in [0.1, 0.15) is 51.7 Å². The van der Waals surface area contributed by atoms with Gasteiger partial charge in [0.15, 0.2) is 0 Å². The highest BCUT2D eigenvalue weighted by molar-refractivity contribution is 14.1. The van der Waals surface area contributed by atoms with Crippen molar-refractivity contribution in [1.29, 1.82) is 0 Å². The van der Waals surface area contributed by atoms with Gasteiger partial charge in [0.05, 0.1) is 5.41 Å². The molecule has 0 bridgehead atoms. The zero-order valence-corrected chi connectivity index (χ0v) is 19.4. The highest BCUT2D eigenvalue weighted by atomic mass is 127. The summed E-state index contributed by atoms with van der Waals surface area (Å²) in [6.45, 7) is 9.07. The minimum atomic E-state index is -0.803. The Morgan fingerprint density at radius 3 is 1.52 bits per heavy atom. The molecule has 0 aliphatic rings. The summed E-state index contributed by atoms with van der Waals surface area (Å²) < 4.78 is 0.113. The smallest absolute Gasteiger partial charge is 0.232 e. The lowest BCUT2D eigenvalue weighted by Crippen LogP contribution is -2.45. The van der Waals surface area contributed by atoms with Gasteiger partial charge < -0.3 is 11.9 Å². The van der Waals surface area contributed by atoms with Crippen LogP contribution >= 0.6 is 22.6 Å². The quantitative estimate of drug-likeness (QED) is 0.347. The van der Waals surface area contributed by atoms with E-state index in [1.807, 2.05) is 60.7 Å². The van der Waals surface area contributed by atoms with Crippen molar-refractivity contribution < 1.29 is 4.79 Å². The summed E-state index contributed by atoms with van der Waals surface area (Å²) in [6, 6.07) is 20.0. The second-order valence-electron chi connectivity index (χ2n) is 7.74. The molecule has 0 heterocycles. The number of amides is 1. The first-order chi connectivity index (χ1) is 12.2. The van der Waals surface area contributed by atoms with Crippen LogP contribution in [-0.4, -0.2) is 9.33 Å². The Kier molecular flexibility index (Phi) is 8.48. The van der Waals surface area contributed by atoms with E-state index < -0.39 is 5.41 Å². The Bertz CT molecular complexity index is 666. The fraction of sp³-hybridized carbons (Fsp3) is 0.435. The van der Waals surface area contributed by atoms with Crippen LogP contribution in [0.4, 0.5) is 0 Å². The summed E-state index contributed by atoms with van der Waals surface area (Å²) in [5.74, 6) is 0.751. The Morgan fingerprint density at radius 1 is 0.852 bits per heavy atom. The van der Waals surface area contributed by atoms with Crippen molar-refractivity contribution in [3.63, 3.8) is 0 Å². The SMILES string of the molecule is CC(C)C(I)(CCC(C(N)=O)(c1ccccc1)c1ccccc1)C(C)C.[NH4+]. The molecule has 6 N–H and O–H groups in total. The molecule has 0 aliphatic carbocycles. The van der Waals surface area contributed by atoms with Crippen LogP contribution in [0, 0.1) is 11.8 Å². The zero-order chi connectivity index (χ0) is 19.4. The molecular weight excluding hydrogens is 447 g/mol. The molecule has 0 spiro atoms. The molecule has 0 unspecified atom stereocenters. The van der Waals surface area contributed by atoms with Crippen molar-refractivity contribution in [3.05, 3.63) is 71.8 Å². The van der Waals surface area contributed by atoms with Gasteiger partial charge in [-0.3, -0.25) is 4.79 Å². The first-order valence-electron chi connectivity index (χ1n) is 9.35. The van der Waals surface area contributed by atoms with E-state index in [1.54, 1.807) is 0 Å². The number of hydrogen-bond donors (Lipinski definition) is 2. The topological polar surface area (TPSA) is 79.6 Å². The maximum atomic E-state index is 12.9. The lowest BCUT2D eigenvalue weighted by molar-refractivity contribution is -0.122. The van der Waals surface area contributed by atoms with Gasteiger partial charge in [-0.2, -0.15) is 0 Å². The molecule has 0 aliphatic heterocycles. The van der Waals surface area contributed by atoms with Gasteiger partial charge >= 0.3 is 0 Å². The normalized spacial score (nSPS) is 12.1. The summed E-state index contributed by atoms with van der Waals surface area (Å²) in [4.78, 5) is 12.9. The van der Waals surface area contributed by atoms with Crippen LogP contribution in [0.3, 0.4) is 0 Å². The molecule has 3 nitrogen and oxygen atoms in total.